The lowest BCUT2D eigenvalue weighted by Crippen LogP contribution is -2.61. The average Bonchev–Trinajstić information content (AvgIpc) is 3.79. The van der Waals surface area contributed by atoms with Crippen molar-refractivity contribution in [3.63, 3.8) is 0 Å². The van der Waals surface area contributed by atoms with Gasteiger partial charge in [-0.05, 0) is 24.7 Å². The lowest BCUT2D eigenvalue weighted by Gasteiger charge is -2.32. The number of likely N-dealkylation sites (N-methyl/N-ethyl adjacent to an activating group) is 2. The van der Waals surface area contributed by atoms with Crippen molar-refractivity contribution in [3.8, 4) is 5.75 Å². The number of aromatic nitrogens is 1. The minimum Gasteiger partial charge on any atom is -0.740 e. The number of nitrogens with one attached hydrogen (secondary N) is 8. The summed E-state index contributed by atoms with van der Waals surface area (Å²) in [6.45, 7) is -1.05. The fourth-order valence-corrected chi connectivity index (χ4v) is 8.52. The molecule has 3 heterocycles. The van der Waals surface area contributed by atoms with Gasteiger partial charge in [0, 0.05) is 43.8 Å². The Labute approximate surface area is 358 Å². The number of rotatable bonds is 13. The summed E-state index contributed by atoms with van der Waals surface area (Å²) in [5.74, 6) is -10.2. The molecule has 25 nitrogen and oxygen atoms in total. The number of carbonyl (C=O) groups excluding carboxylic acids is 8. The van der Waals surface area contributed by atoms with Crippen molar-refractivity contribution in [2.75, 3.05) is 46.1 Å². The molecular formula is C35H49N10O15S2-. The van der Waals surface area contributed by atoms with Crippen LogP contribution in [0.15, 0.2) is 23.2 Å². The van der Waals surface area contributed by atoms with Gasteiger partial charge in [-0.15, -0.1) is 0 Å². The van der Waals surface area contributed by atoms with Gasteiger partial charge < -0.3 is 76.9 Å². The van der Waals surface area contributed by atoms with Crippen molar-refractivity contribution in [2.45, 2.75) is 73.6 Å². The van der Waals surface area contributed by atoms with Crippen LogP contribution in [-0.2, 0) is 66.9 Å². The highest BCUT2D eigenvalue weighted by molar-refractivity contribution is 7.85. The highest BCUT2D eigenvalue weighted by Crippen LogP contribution is 2.30. The van der Waals surface area contributed by atoms with Crippen LogP contribution in [0.3, 0.4) is 0 Å². The van der Waals surface area contributed by atoms with E-state index < -0.39 is 162 Å². The normalized spacial score (nSPS) is 25.3. The Morgan fingerprint density at radius 1 is 1.06 bits per heavy atom. The fraction of sp³-hybridized carbons (Fsp3) is 0.543. The smallest absolute Gasteiger partial charge is 0.246 e. The molecule has 0 bridgehead atoms. The predicted molar refractivity (Wildman–Crippen MR) is 214 cm³/mol. The van der Waals surface area contributed by atoms with Gasteiger partial charge in [0.2, 0.25) is 47.3 Å². The quantitative estimate of drug-likeness (QED) is 0.0831. The number of carbonyl (C=O) groups is 8. The summed E-state index contributed by atoms with van der Waals surface area (Å²) in [6.07, 6.45) is -4.80. The van der Waals surface area contributed by atoms with E-state index in [1.807, 2.05) is 0 Å². The number of aliphatic hydroxyl groups excluding tert-OH is 3. The van der Waals surface area contributed by atoms with E-state index in [1.54, 1.807) is 0 Å². The molecule has 10 atom stereocenters. The van der Waals surface area contributed by atoms with Crippen molar-refractivity contribution in [2.24, 2.45) is 11.7 Å². The molecule has 8 amide bonds. The maximum Gasteiger partial charge on any atom is 0.246 e. The van der Waals surface area contributed by atoms with E-state index in [0.29, 0.717) is 0 Å². The minimum absolute atomic E-state index is 0.0248. The van der Waals surface area contributed by atoms with Crippen molar-refractivity contribution in [1.29, 1.82) is 0 Å². The second-order valence-electron chi connectivity index (χ2n) is 14.5. The molecule has 27 heteroatoms. The Morgan fingerprint density at radius 2 is 1.77 bits per heavy atom. The number of aliphatic hydroxyl groups is 3. The molecule has 2 unspecified atom stereocenters. The average molecular weight is 914 g/mol. The van der Waals surface area contributed by atoms with Crippen molar-refractivity contribution in [1.82, 2.24) is 47.1 Å². The van der Waals surface area contributed by atoms with Gasteiger partial charge in [-0.1, -0.05) is 6.92 Å². The summed E-state index contributed by atoms with van der Waals surface area (Å²) < 4.78 is 42.0. The monoisotopic (exact) mass is 913 g/mol. The van der Waals surface area contributed by atoms with Gasteiger partial charge in [-0.25, -0.2) is 4.21 Å². The van der Waals surface area contributed by atoms with Crippen LogP contribution in [0.4, 0.5) is 0 Å². The number of amides is 8. The molecule has 1 saturated heterocycles. The summed E-state index contributed by atoms with van der Waals surface area (Å²) in [6, 6.07) is -4.82. The molecule has 0 saturated carbocycles. The van der Waals surface area contributed by atoms with E-state index in [2.05, 4.69) is 42.2 Å². The van der Waals surface area contributed by atoms with E-state index in [-0.39, 0.29) is 33.8 Å². The zero-order valence-electron chi connectivity index (χ0n) is 33.6. The van der Waals surface area contributed by atoms with Crippen molar-refractivity contribution < 1.29 is 70.8 Å². The first-order valence-corrected chi connectivity index (χ1v) is 21.3. The van der Waals surface area contributed by atoms with E-state index in [9.17, 15) is 66.6 Å². The second kappa shape index (κ2) is 22.0. The summed E-state index contributed by atoms with van der Waals surface area (Å²) in [5, 5.41) is 48.0. The minimum atomic E-state index is -3.02. The molecule has 0 radical (unpaired) electrons. The summed E-state index contributed by atoms with van der Waals surface area (Å²) in [7, 11) is 0.327. The molecule has 0 aliphatic carbocycles. The summed E-state index contributed by atoms with van der Waals surface area (Å²) in [4.78, 5) is 111. The number of nitrogens with zero attached hydrogens (tertiary/aromatic N) is 1. The van der Waals surface area contributed by atoms with Gasteiger partial charge in [0.05, 0.1) is 60.4 Å². The van der Waals surface area contributed by atoms with Gasteiger partial charge >= 0.3 is 0 Å². The number of hydrogen-bond acceptors (Lipinski definition) is 16. The number of hydrogen-bond donors (Lipinski definition) is 12. The molecule has 13 N–H and O–H groups in total. The first-order chi connectivity index (χ1) is 29.3. The Kier molecular flexibility index (Phi) is 17.4. The molecule has 62 heavy (non-hydrogen) atoms. The van der Waals surface area contributed by atoms with Gasteiger partial charge in [0.25, 0.3) is 0 Å². The number of nitrogens with two attached hydrogens (primary N) is 1. The molecule has 2 aromatic rings. The van der Waals surface area contributed by atoms with Gasteiger partial charge in [0.15, 0.2) is 0 Å². The third-order valence-corrected chi connectivity index (χ3v) is 11.8. The Morgan fingerprint density at radius 3 is 2.40 bits per heavy atom. The van der Waals surface area contributed by atoms with Gasteiger partial charge in [-0.2, -0.15) is 0 Å². The van der Waals surface area contributed by atoms with E-state index in [4.69, 9.17) is 9.92 Å². The van der Waals surface area contributed by atoms with Crippen molar-refractivity contribution in [3.05, 3.63) is 23.8 Å². The largest absolute Gasteiger partial charge is 0.740 e. The van der Waals surface area contributed by atoms with Gasteiger partial charge in [0.1, 0.15) is 52.3 Å². The number of fused-ring (bicyclic) bond motifs is 4. The first kappa shape index (κ1) is 49.1. The maximum absolute atomic E-state index is 14.5. The molecule has 342 valence electrons. The van der Waals surface area contributed by atoms with Crippen LogP contribution in [-0.4, -0.2) is 174 Å². The number of primary amides is 1. The van der Waals surface area contributed by atoms with E-state index >= 15 is 0 Å². The van der Waals surface area contributed by atoms with Crippen LogP contribution in [0, 0.1) is 5.92 Å². The topological polar surface area (TPSA) is 393 Å². The molecule has 2 aliphatic rings. The summed E-state index contributed by atoms with van der Waals surface area (Å²) in [5.41, 5.74) is 5.54. The number of H-pyrrole nitrogens is 1. The highest BCUT2D eigenvalue weighted by atomic mass is 32.2. The van der Waals surface area contributed by atoms with Crippen LogP contribution in [0.5, 0.6) is 5.75 Å². The Balaban J connectivity index is 1.97. The van der Waals surface area contributed by atoms with Crippen LogP contribution in [0.25, 0.3) is 10.9 Å². The van der Waals surface area contributed by atoms with E-state index in [0.717, 1.165) is 4.90 Å². The first-order valence-electron chi connectivity index (χ1n) is 19.0. The number of aromatic amines is 1. The molecular weight excluding hydrogens is 865 g/mol. The van der Waals surface area contributed by atoms with Crippen molar-refractivity contribution >= 4 is 80.3 Å². The molecule has 4 rings (SSSR count). The van der Waals surface area contributed by atoms with Crippen LogP contribution in [0.2, 0.25) is 0 Å². The van der Waals surface area contributed by atoms with Crippen LogP contribution >= 0.6 is 0 Å². The van der Waals surface area contributed by atoms with Gasteiger partial charge in [-0.3, -0.25) is 42.6 Å². The zero-order valence-corrected chi connectivity index (χ0v) is 35.2. The summed E-state index contributed by atoms with van der Waals surface area (Å²) >= 11 is -3.02. The Hall–Kier alpha value is -5.58. The third-order valence-electron chi connectivity index (χ3n) is 10.1. The molecule has 2 aliphatic heterocycles. The highest BCUT2D eigenvalue weighted by Gasteiger charge is 2.45. The second-order valence-corrected chi connectivity index (χ2v) is 16.5. The van der Waals surface area contributed by atoms with E-state index in [1.165, 1.54) is 39.2 Å². The molecule has 1 aromatic carbocycles. The Bertz CT molecular complexity index is 2100. The lowest BCUT2D eigenvalue weighted by molar-refractivity contribution is -0.144. The molecule has 0 spiro atoms. The van der Waals surface area contributed by atoms with Crippen LogP contribution in [0.1, 0.15) is 25.3 Å². The lowest BCUT2D eigenvalue weighted by atomic mass is 9.93. The third kappa shape index (κ3) is 12.5. The standard InChI is InChI=1S/C35H50N10O15S2/c1-15(25(48)13-46)29-33(55)41-21(30(52)39-11-27(50)38-3)8-19-18-5-4-17(60-62(58)59)7-20(18)43-34(19)61(57)14-23(40-28(51)10-37-2)31(53)42-22(9-26(36)49)35(56)45-12-16(47)6-24(45)32(54)44-29/h4-5,7,15-16,21-25,29,37,43,46-48H,6,8-14H2,1-3H3,(H2,36,49)(H,38,50)(H,39,52)(H,40,51)(H,41,55)(H,42,53)(H,44,54)(H,58,59)/p-1/t15-,16+,21-,22-,23-,24-,25-,29-,61?/m0/s1. The van der Waals surface area contributed by atoms with Crippen LogP contribution < -0.4 is 47.1 Å². The molecule has 1 fully saturated rings. The predicted octanol–water partition coefficient (Wildman–Crippen LogP) is -7.15. The molecule has 1 aromatic heterocycles. The SMILES string of the molecule is CNCC(=O)N[C@H]1CS(=O)c2[nH]c3cc(OS(=O)[O-])ccc3c2C[C@@H](C(=O)NCC(=O)NC)NC(=O)[C@H]([C@@H](C)[C@@H](O)CO)NC(=O)[C@@H]2C[C@@H](O)CN2C(=O)[C@H](CC(N)=O)NC1=O. The fourth-order valence-electron chi connectivity index (χ4n) is 6.87. The number of benzene rings is 1. The maximum atomic E-state index is 14.5. The zero-order chi connectivity index (χ0) is 46.0.